The van der Waals surface area contributed by atoms with Gasteiger partial charge in [-0.05, 0) is 19.8 Å². The monoisotopic (exact) mass is 194 g/mol. The zero-order valence-corrected chi connectivity index (χ0v) is 8.84. The van der Waals surface area contributed by atoms with Crippen LogP contribution < -0.4 is 0 Å². The second-order valence-electron chi connectivity index (χ2n) is 4.15. The van der Waals surface area contributed by atoms with Gasteiger partial charge in [-0.3, -0.25) is 0 Å². The quantitative estimate of drug-likeness (QED) is 0.597. The molecule has 0 amide bonds. The van der Waals surface area contributed by atoms with E-state index in [1.165, 1.54) is 19.3 Å². The Kier molecular flexibility index (Phi) is 3.10. The van der Waals surface area contributed by atoms with Gasteiger partial charge in [0, 0.05) is 19.3 Å². The molecule has 1 atom stereocenters. The van der Waals surface area contributed by atoms with Gasteiger partial charge in [0.05, 0.1) is 12.7 Å². The lowest BCUT2D eigenvalue weighted by atomic mass is 9.94. The second kappa shape index (κ2) is 4.33. The number of hydrogen-bond donors (Lipinski definition) is 0. The summed E-state index contributed by atoms with van der Waals surface area (Å²) < 4.78 is 11.8. The van der Waals surface area contributed by atoms with Crippen molar-refractivity contribution < 1.29 is 9.47 Å². The molecule has 1 aliphatic carbocycles. The van der Waals surface area contributed by atoms with Crippen LogP contribution in [0.4, 0.5) is 0 Å². The van der Waals surface area contributed by atoms with Crippen molar-refractivity contribution >= 4 is 0 Å². The average molecular weight is 194 g/mol. The molecule has 1 saturated carbocycles. The Hall–Kier alpha value is -0.520. The van der Waals surface area contributed by atoms with Gasteiger partial charge >= 0.3 is 0 Å². The summed E-state index contributed by atoms with van der Waals surface area (Å²) in [5.41, 5.74) is 0. The molecular weight excluding hydrogens is 176 g/mol. The molecule has 0 bridgehead atoms. The van der Waals surface area contributed by atoms with E-state index in [0.717, 1.165) is 25.9 Å². The van der Waals surface area contributed by atoms with E-state index < -0.39 is 0 Å². The maximum Gasteiger partial charge on any atom is 0.168 e. The summed E-state index contributed by atoms with van der Waals surface area (Å²) in [6, 6.07) is 0. The first-order valence-corrected chi connectivity index (χ1v) is 5.56. The number of rotatable bonds is 1. The Balaban J connectivity index is 1.88. The van der Waals surface area contributed by atoms with Crippen LogP contribution in [-0.2, 0) is 9.47 Å². The molecule has 1 heterocycles. The molecule has 1 saturated heterocycles. The minimum atomic E-state index is -0.224. The number of hydrogen-bond acceptors (Lipinski definition) is 2. The molecule has 2 heteroatoms. The molecule has 2 nitrogen and oxygen atoms in total. The van der Waals surface area contributed by atoms with Crippen LogP contribution in [-0.4, -0.2) is 18.5 Å². The summed E-state index contributed by atoms with van der Waals surface area (Å²) in [7, 11) is 0. The van der Waals surface area contributed by atoms with Gasteiger partial charge in [0.25, 0.3) is 0 Å². The summed E-state index contributed by atoms with van der Waals surface area (Å²) in [6.45, 7) is 2.60. The molecule has 0 unspecified atom stereocenters. The van der Waals surface area contributed by atoms with Crippen LogP contribution in [0.2, 0.25) is 0 Å². The van der Waals surface area contributed by atoms with Crippen LogP contribution in [0.5, 0.6) is 0 Å². The summed E-state index contributed by atoms with van der Waals surface area (Å²) in [5.74, 6) is 5.73. The third-order valence-electron chi connectivity index (χ3n) is 3.04. The lowest BCUT2D eigenvalue weighted by Crippen LogP contribution is -2.33. The predicted molar refractivity (Wildman–Crippen MR) is 54.7 cm³/mol. The highest BCUT2D eigenvalue weighted by atomic mass is 16.7. The van der Waals surface area contributed by atoms with Crippen LogP contribution in [0.3, 0.4) is 0 Å². The predicted octanol–water partition coefficient (Wildman–Crippen LogP) is 2.48. The van der Waals surface area contributed by atoms with Gasteiger partial charge in [0.2, 0.25) is 0 Å². The molecule has 1 aliphatic heterocycles. The molecule has 0 aromatic rings. The zero-order valence-electron chi connectivity index (χ0n) is 8.84. The summed E-state index contributed by atoms with van der Waals surface area (Å²) in [6.07, 6.45) is 6.98. The van der Waals surface area contributed by atoms with E-state index >= 15 is 0 Å². The Bertz CT molecular complexity index is 243. The van der Waals surface area contributed by atoms with Gasteiger partial charge in [-0.15, -0.1) is 11.8 Å². The topological polar surface area (TPSA) is 18.5 Å². The van der Waals surface area contributed by atoms with E-state index in [-0.39, 0.29) is 11.9 Å². The number of ether oxygens (including phenoxy) is 2. The van der Waals surface area contributed by atoms with E-state index in [1.807, 2.05) is 6.92 Å². The molecule has 2 rings (SSSR count). The Morgan fingerprint density at radius 2 is 2.07 bits per heavy atom. The summed E-state index contributed by atoms with van der Waals surface area (Å²) >= 11 is 0. The van der Waals surface area contributed by atoms with Crippen molar-refractivity contribution in [3.63, 3.8) is 0 Å². The van der Waals surface area contributed by atoms with Gasteiger partial charge in [0.1, 0.15) is 0 Å². The van der Waals surface area contributed by atoms with Crippen LogP contribution in [0.15, 0.2) is 0 Å². The van der Waals surface area contributed by atoms with Gasteiger partial charge in [-0.25, -0.2) is 0 Å². The van der Waals surface area contributed by atoms with Crippen molar-refractivity contribution in [2.45, 2.75) is 57.3 Å². The highest BCUT2D eigenvalue weighted by molar-refractivity contribution is 4.98. The van der Waals surface area contributed by atoms with Crippen molar-refractivity contribution in [2.24, 2.45) is 0 Å². The maximum atomic E-state index is 5.97. The fraction of sp³-hybridized carbons (Fsp3) is 0.833. The van der Waals surface area contributed by atoms with Gasteiger partial charge < -0.3 is 9.47 Å². The standard InChI is InChI=1S/C12H18O2/c1-2-3-7-11-10-13-12(14-11)8-5-4-6-9-12/h11H,4-10H2,1H3/t11-/m0/s1. The molecule has 0 N–H and O–H groups in total. The van der Waals surface area contributed by atoms with Crippen LogP contribution >= 0.6 is 0 Å². The van der Waals surface area contributed by atoms with E-state index in [4.69, 9.17) is 9.47 Å². The molecular formula is C12H18O2. The molecule has 78 valence electrons. The van der Waals surface area contributed by atoms with Gasteiger partial charge in [0.15, 0.2) is 5.79 Å². The average Bonchev–Trinajstić information content (AvgIpc) is 2.60. The first-order chi connectivity index (χ1) is 6.85. The summed E-state index contributed by atoms with van der Waals surface area (Å²) in [5, 5.41) is 0. The van der Waals surface area contributed by atoms with Gasteiger partial charge in [-0.1, -0.05) is 6.42 Å². The molecule has 0 aromatic carbocycles. The molecule has 1 spiro atoms. The Morgan fingerprint density at radius 1 is 1.29 bits per heavy atom. The molecule has 2 aliphatic rings. The minimum Gasteiger partial charge on any atom is -0.347 e. The maximum absolute atomic E-state index is 5.97. The third-order valence-corrected chi connectivity index (χ3v) is 3.04. The zero-order chi connectivity index (χ0) is 9.86. The van der Waals surface area contributed by atoms with Crippen LogP contribution in [0, 0.1) is 11.8 Å². The molecule has 2 fully saturated rings. The smallest absolute Gasteiger partial charge is 0.168 e. The van der Waals surface area contributed by atoms with E-state index in [2.05, 4.69) is 11.8 Å². The second-order valence-corrected chi connectivity index (χ2v) is 4.15. The fourth-order valence-corrected chi connectivity index (χ4v) is 2.29. The highest BCUT2D eigenvalue weighted by Crippen LogP contribution is 2.38. The lowest BCUT2D eigenvalue weighted by Gasteiger charge is -2.31. The minimum absolute atomic E-state index is 0.209. The Labute approximate surface area is 86.0 Å². The van der Waals surface area contributed by atoms with E-state index in [9.17, 15) is 0 Å². The van der Waals surface area contributed by atoms with E-state index in [0.29, 0.717) is 0 Å². The third kappa shape index (κ3) is 2.10. The fourth-order valence-electron chi connectivity index (χ4n) is 2.29. The van der Waals surface area contributed by atoms with E-state index in [1.54, 1.807) is 0 Å². The highest BCUT2D eigenvalue weighted by Gasteiger charge is 2.41. The molecule has 0 aromatic heterocycles. The van der Waals surface area contributed by atoms with Crippen molar-refractivity contribution in [3.8, 4) is 11.8 Å². The van der Waals surface area contributed by atoms with Crippen molar-refractivity contribution in [3.05, 3.63) is 0 Å². The first-order valence-electron chi connectivity index (χ1n) is 5.56. The lowest BCUT2D eigenvalue weighted by molar-refractivity contribution is -0.186. The van der Waals surface area contributed by atoms with Crippen molar-refractivity contribution in [2.75, 3.05) is 6.61 Å². The molecule has 0 radical (unpaired) electrons. The normalized spacial score (nSPS) is 29.9. The van der Waals surface area contributed by atoms with Crippen molar-refractivity contribution in [1.29, 1.82) is 0 Å². The van der Waals surface area contributed by atoms with Crippen molar-refractivity contribution in [1.82, 2.24) is 0 Å². The SMILES string of the molecule is CC#CC[C@H]1COC2(CCCCC2)O1. The summed E-state index contributed by atoms with van der Waals surface area (Å²) in [4.78, 5) is 0. The van der Waals surface area contributed by atoms with Crippen LogP contribution in [0.1, 0.15) is 45.4 Å². The first kappa shape index (κ1) is 10.0. The van der Waals surface area contributed by atoms with Crippen LogP contribution in [0.25, 0.3) is 0 Å². The van der Waals surface area contributed by atoms with Gasteiger partial charge in [-0.2, -0.15) is 0 Å². The Morgan fingerprint density at radius 3 is 2.79 bits per heavy atom. The largest absolute Gasteiger partial charge is 0.347 e. The molecule has 14 heavy (non-hydrogen) atoms.